The Morgan fingerprint density at radius 1 is 1.00 bits per heavy atom. The summed E-state index contributed by atoms with van der Waals surface area (Å²) < 4.78 is 1.02. The third-order valence-electron chi connectivity index (χ3n) is 5.16. The number of hydrogen-bond acceptors (Lipinski definition) is 3. The van der Waals surface area contributed by atoms with Crippen molar-refractivity contribution in [2.75, 3.05) is 0 Å². The van der Waals surface area contributed by atoms with Gasteiger partial charge in [0.15, 0.2) is 0 Å². The lowest BCUT2D eigenvalue weighted by Gasteiger charge is -2.07. The van der Waals surface area contributed by atoms with E-state index in [1.54, 1.807) is 11.3 Å². The Bertz CT molecular complexity index is 1410. The molecule has 29 heavy (non-hydrogen) atoms. The third-order valence-corrected chi connectivity index (χ3v) is 6.69. The summed E-state index contributed by atoms with van der Waals surface area (Å²) in [6, 6.07) is 22.6. The van der Waals surface area contributed by atoms with Crippen LogP contribution in [0, 0.1) is 6.92 Å². The van der Waals surface area contributed by atoms with Crippen LogP contribution in [0.5, 0.6) is 0 Å². The minimum atomic E-state index is -0.0764. The molecule has 0 bridgehead atoms. The highest BCUT2D eigenvalue weighted by atomic mass is 79.9. The summed E-state index contributed by atoms with van der Waals surface area (Å²) in [5.41, 5.74) is 3.09. The Morgan fingerprint density at radius 2 is 1.76 bits per heavy atom. The lowest BCUT2D eigenvalue weighted by Crippen LogP contribution is -2.12. The van der Waals surface area contributed by atoms with Crippen LogP contribution < -0.4 is 5.56 Å². The average Bonchev–Trinajstić information content (AvgIpc) is 3.05. The molecule has 0 amide bonds. The standard InChI is InChI=1S/C24H17BrN2OS/c1-14-21(16-9-11-18(25)12-10-16)22-23(28)26-20(27-24(22)29-14)13-17-7-4-6-15-5-2-3-8-19(15)17/h2-12H,13H2,1H3,(H,26,27,28). The van der Waals surface area contributed by atoms with E-state index in [4.69, 9.17) is 4.98 Å². The molecule has 0 radical (unpaired) electrons. The number of thiophene rings is 1. The van der Waals surface area contributed by atoms with Crippen molar-refractivity contribution in [3.05, 3.63) is 97.8 Å². The molecule has 142 valence electrons. The largest absolute Gasteiger partial charge is 0.310 e. The first-order valence-electron chi connectivity index (χ1n) is 9.35. The van der Waals surface area contributed by atoms with Gasteiger partial charge in [-0.25, -0.2) is 4.98 Å². The summed E-state index contributed by atoms with van der Waals surface area (Å²) >= 11 is 5.05. The Kier molecular flexibility index (Phi) is 4.57. The van der Waals surface area contributed by atoms with E-state index in [2.05, 4.69) is 51.2 Å². The molecule has 0 unspecified atom stereocenters. The Morgan fingerprint density at radius 3 is 2.59 bits per heavy atom. The quantitative estimate of drug-likeness (QED) is 0.335. The van der Waals surface area contributed by atoms with Gasteiger partial charge >= 0.3 is 0 Å². The maximum Gasteiger partial charge on any atom is 0.260 e. The molecular formula is C24H17BrN2OS. The first kappa shape index (κ1) is 18.3. The zero-order chi connectivity index (χ0) is 20.0. The SMILES string of the molecule is Cc1sc2nc(Cc3cccc4ccccc34)[nH]c(=O)c2c1-c1ccc(Br)cc1. The van der Waals surface area contributed by atoms with Crippen molar-refractivity contribution in [3.8, 4) is 11.1 Å². The lowest BCUT2D eigenvalue weighted by molar-refractivity contribution is 0.983. The molecule has 0 aliphatic carbocycles. The summed E-state index contributed by atoms with van der Waals surface area (Å²) in [6.07, 6.45) is 0.594. The van der Waals surface area contributed by atoms with Crippen molar-refractivity contribution in [2.24, 2.45) is 0 Å². The molecule has 0 aliphatic heterocycles. The Hall–Kier alpha value is -2.76. The number of rotatable bonds is 3. The van der Waals surface area contributed by atoms with E-state index in [1.165, 1.54) is 10.8 Å². The number of aromatic nitrogens is 2. The van der Waals surface area contributed by atoms with Gasteiger partial charge in [-0.1, -0.05) is 70.5 Å². The minimum absolute atomic E-state index is 0.0764. The smallest absolute Gasteiger partial charge is 0.260 e. The summed E-state index contributed by atoms with van der Waals surface area (Å²) in [4.78, 5) is 22.8. The topological polar surface area (TPSA) is 45.8 Å². The van der Waals surface area contributed by atoms with Gasteiger partial charge in [-0.05, 0) is 41.0 Å². The summed E-state index contributed by atoms with van der Waals surface area (Å²) in [5, 5.41) is 3.06. The van der Waals surface area contributed by atoms with Crippen LogP contribution in [0.3, 0.4) is 0 Å². The number of aryl methyl sites for hydroxylation is 1. The van der Waals surface area contributed by atoms with Crippen molar-refractivity contribution in [1.29, 1.82) is 0 Å². The summed E-state index contributed by atoms with van der Waals surface area (Å²) in [5.74, 6) is 0.697. The highest BCUT2D eigenvalue weighted by molar-refractivity contribution is 9.10. The number of aromatic amines is 1. The molecular weight excluding hydrogens is 444 g/mol. The van der Waals surface area contributed by atoms with Crippen LogP contribution in [-0.2, 0) is 6.42 Å². The number of nitrogens with zero attached hydrogens (tertiary/aromatic N) is 1. The van der Waals surface area contributed by atoms with Gasteiger partial charge in [-0.15, -0.1) is 11.3 Å². The third kappa shape index (κ3) is 3.30. The van der Waals surface area contributed by atoms with Gasteiger partial charge in [0, 0.05) is 21.3 Å². The van der Waals surface area contributed by atoms with E-state index in [0.29, 0.717) is 17.6 Å². The van der Waals surface area contributed by atoms with Gasteiger partial charge in [0.1, 0.15) is 10.7 Å². The van der Waals surface area contributed by atoms with E-state index in [-0.39, 0.29) is 5.56 Å². The molecule has 5 heteroatoms. The first-order chi connectivity index (χ1) is 14.1. The number of fused-ring (bicyclic) bond motifs is 2. The molecule has 5 aromatic rings. The van der Waals surface area contributed by atoms with E-state index >= 15 is 0 Å². The van der Waals surface area contributed by atoms with Gasteiger partial charge in [-0.3, -0.25) is 4.79 Å². The monoisotopic (exact) mass is 460 g/mol. The number of benzene rings is 3. The summed E-state index contributed by atoms with van der Waals surface area (Å²) in [6.45, 7) is 2.05. The molecule has 3 nitrogen and oxygen atoms in total. The minimum Gasteiger partial charge on any atom is -0.310 e. The highest BCUT2D eigenvalue weighted by Crippen LogP contribution is 2.36. The molecule has 2 heterocycles. The second-order valence-corrected chi connectivity index (χ2v) is 9.17. The molecule has 0 aliphatic rings. The Balaban J connectivity index is 1.62. The van der Waals surface area contributed by atoms with Gasteiger partial charge in [0.05, 0.1) is 5.39 Å². The van der Waals surface area contributed by atoms with E-state index < -0.39 is 0 Å². The van der Waals surface area contributed by atoms with Crippen LogP contribution >= 0.6 is 27.3 Å². The van der Waals surface area contributed by atoms with Crippen molar-refractivity contribution >= 4 is 48.3 Å². The van der Waals surface area contributed by atoms with Crippen LogP contribution in [0.2, 0.25) is 0 Å². The molecule has 0 spiro atoms. The lowest BCUT2D eigenvalue weighted by atomic mass is 10.0. The number of H-pyrrole nitrogens is 1. The molecule has 0 saturated carbocycles. The van der Waals surface area contributed by atoms with E-state index in [9.17, 15) is 4.79 Å². The van der Waals surface area contributed by atoms with Crippen molar-refractivity contribution < 1.29 is 0 Å². The van der Waals surface area contributed by atoms with Crippen molar-refractivity contribution in [3.63, 3.8) is 0 Å². The van der Waals surface area contributed by atoms with Gasteiger partial charge in [-0.2, -0.15) is 0 Å². The fraction of sp³-hybridized carbons (Fsp3) is 0.0833. The predicted molar refractivity (Wildman–Crippen MR) is 125 cm³/mol. The number of halogens is 1. The van der Waals surface area contributed by atoms with Gasteiger partial charge in [0.25, 0.3) is 5.56 Å². The van der Waals surface area contributed by atoms with Gasteiger partial charge < -0.3 is 4.98 Å². The Labute approximate surface area is 180 Å². The fourth-order valence-electron chi connectivity index (χ4n) is 3.84. The van der Waals surface area contributed by atoms with Crippen molar-refractivity contribution in [2.45, 2.75) is 13.3 Å². The average molecular weight is 461 g/mol. The highest BCUT2D eigenvalue weighted by Gasteiger charge is 2.17. The number of hydrogen-bond donors (Lipinski definition) is 1. The van der Waals surface area contributed by atoms with Gasteiger partial charge in [0.2, 0.25) is 0 Å². The normalized spacial score (nSPS) is 11.4. The maximum atomic E-state index is 13.0. The second-order valence-electron chi connectivity index (χ2n) is 7.05. The van der Waals surface area contributed by atoms with Crippen LogP contribution in [0.25, 0.3) is 32.1 Å². The predicted octanol–water partition coefficient (Wildman–Crippen LogP) is 6.47. The molecule has 1 N–H and O–H groups in total. The zero-order valence-electron chi connectivity index (χ0n) is 15.7. The van der Waals surface area contributed by atoms with Crippen LogP contribution in [-0.4, -0.2) is 9.97 Å². The van der Waals surface area contributed by atoms with E-state index in [0.717, 1.165) is 30.9 Å². The molecule has 0 fully saturated rings. The second kappa shape index (κ2) is 7.25. The number of nitrogens with one attached hydrogen (secondary N) is 1. The summed E-state index contributed by atoms with van der Waals surface area (Å²) in [7, 11) is 0. The molecule has 3 aromatic carbocycles. The molecule has 5 rings (SSSR count). The molecule has 0 saturated heterocycles. The maximum absolute atomic E-state index is 13.0. The van der Waals surface area contributed by atoms with Crippen molar-refractivity contribution in [1.82, 2.24) is 9.97 Å². The zero-order valence-corrected chi connectivity index (χ0v) is 18.1. The molecule has 2 aromatic heterocycles. The molecule has 0 atom stereocenters. The van der Waals surface area contributed by atoms with Crippen LogP contribution in [0.4, 0.5) is 0 Å². The van der Waals surface area contributed by atoms with Crippen LogP contribution in [0.15, 0.2) is 76.0 Å². The van der Waals surface area contributed by atoms with E-state index in [1.807, 2.05) is 43.3 Å². The first-order valence-corrected chi connectivity index (χ1v) is 11.0. The fourth-order valence-corrected chi connectivity index (χ4v) is 5.17. The van der Waals surface area contributed by atoms with Crippen LogP contribution in [0.1, 0.15) is 16.3 Å².